The molecule has 0 N–H and O–H groups in total. The van der Waals surface area contributed by atoms with Gasteiger partial charge in [-0.3, -0.25) is 4.79 Å². The molecule has 1 aromatic rings. The van der Waals surface area contributed by atoms with Gasteiger partial charge in [0.25, 0.3) is 5.91 Å². The van der Waals surface area contributed by atoms with Gasteiger partial charge in [-0.1, -0.05) is 66.6 Å². The van der Waals surface area contributed by atoms with Crippen LogP contribution in [0.1, 0.15) is 80.1 Å². The summed E-state index contributed by atoms with van der Waals surface area (Å²) in [7, 11) is 0. The highest BCUT2D eigenvalue weighted by molar-refractivity contribution is 9.08. The van der Waals surface area contributed by atoms with Crippen LogP contribution in [-0.4, -0.2) is 22.9 Å². The molecule has 0 aliphatic heterocycles. The Bertz CT molecular complexity index is 483. The first kappa shape index (κ1) is 17.0. The monoisotopic (exact) mass is 377 g/mol. The van der Waals surface area contributed by atoms with Crippen molar-refractivity contribution in [2.45, 2.75) is 81.6 Å². The zero-order valence-electron chi connectivity index (χ0n) is 14.0. The van der Waals surface area contributed by atoms with Crippen molar-refractivity contribution < 1.29 is 4.79 Å². The third-order valence-corrected chi connectivity index (χ3v) is 6.17. The maximum absolute atomic E-state index is 13.3. The number of rotatable bonds is 4. The fraction of sp³-hybridized carbons (Fsp3) is 0.650. The molecular formula is C20H28BrNO. The highest BCUT2D eigenvalue weighted by Crippen LogP contribution is 2.31. The van der Waals surface area contributed by atoms with Crippen molar-refractivity contribution in [3.05, 3.63) is 35.4 Å². The topological polar surface area (TPSA) is 20.3 Å². The average molecular weight is 378 g/mol. The Morgan fingerprint density at radius 1 is 0.870 bits per heavy atom. The lowest BCUT2D eigenvalue weighted by atomic mass is 9.88. The Labute approximate surface area is 148 Å². The number of nitrogens with zero attached hydrogens (tertiary/aromatic N) is 1. The van der Waals surface area contributed by atoms with Crippen molar-refractivity contribution in [1.82, 2.24) is 4.90 Å². The molecule has 1 amide bonds. The first-order valence-corrected chi connectivity index (χ1v) is 10.4. The Balaban J connectivity index is 1.81. The van der Waals surface area contributed by atoms with E-state index < -0.39 is 0 Å². The van der Waals surface area contributed by atoms with Gasteiger partial charge in [-0.05, 0) is 43.4 Å². The van der Waals surface area contributed by atoms with E-state index in [-0.39, 0.29) is 5.91 Å². The number of halogens is 1. The number of benzene rings is 1. The minimum atomic E-state index is 0.268. The number of hydrogen-bond donors (Lipinski definition) is 0. The van der Waals surface area contributed by atoms with Gasteiger partial charge < -0.3 is 4.90 Å². The van der Waals surface area contributed by atoms with Crippen LogP contribution < -0.4 is 0 Å². The van der Waals surface area contributed by atoms with Crippen LogP contribution in [0.15, 0.2) is 24.3 Å². The summed E-state index contributed by atoms with van der Waals surface area (Å²) in [6.45, 7) is 0. The van der Waals surface area contributed by atoms with E-state index in [2.05, 4.69) is 33.0 Å². The molecule has 0 bridgehead atoms. The number of alkyl halides is 1. The predicted octanol–water partition coefficient (Wildman–Crippen LogP) is 5.69. The SMILES string of the molecule is O=C(c1ccc(CBr)cc1)N(C1CCCCC1)C1CCCCC1. The second-order valence-electron chi connectivity index (χ2n) is 7.13. The maximum atomic E-state index is 13.3. The van der Waals surface area contributed by atoms with E-state index in [0.717, 1.165) is 10.9 Å². The summed E-state index contributed by atoms with van der Waals surface area (Å²) in [6.07, 6.45) is 12.6. The number of hydrogen-bond acceptors (Lipinski definition) is 1. The molecule has 0 atom stereocenters. The summed E-state index contributed by atoms with van der Waals surface area (Å²) in [5, 5.41) is 0.844. The quantitative estimate of drug-likeness (QED) is 0.617. The first-order valence-electron chi connectivity index (χ1n) is 9.27. The summed E-state index contributed by atoms with van der Waals surface area (Å²) < 4.78 is 0. The lowest BCUT2D eigenvalue weighted by Gasteiger charge is -2.42. The molecule has 2 nitrogen and oxygen atoms in total. The van der Waals surface area contributed by atoms with Crippen LogP contribution in [0.5, 0.6) is 0 Å². The largest absolute Gasteiger partial charge is 0.333 e. The molecule has 3 rings (SSSR count). The third kappa shape index (κ3) is 4.17. The second-order valence-corrected chi connectivity index (χ2v) is 7.69. The normalized spacial score (nSPS) is 20.4. The molecule has 2 aliphatic carbocycles. The molecular weight excluding hydrogens is 350 g/mol. The fourth-order valence-corrected chi connectivity index (χ4v) is 4.61. The van der Waals surface area contributed by atoms with Gasteiger partial charge in [-0.2, -0.15) is 0 Å². The number of carbonyl (C=O) groups is 1. The van der Waals surface area contributed by atoms with Gasteiger partial charge >= 0.3 is 0 Å². The molecule has 2 fully saturated rings. The van der Waals surface area contributed by atoms with Gasteiger partial charge in [0.2, 0.25) is 0 Å². The van der Waals surface area contributed by atoms with Gasteiger partial charge in [-0.15, -0.1) is 0 Å². The van der Waals surface area contributed by atoms with Crippen LogP contribution >= 0.6 is 15.9 Å². The molecule has 0 aromatic heterocycles. The van der Waals surface area contributed by atoms with Crippen molar-refractivity contribution >= 4 is 21.8 Å². The second kappa shape index (κ2) is 8.32. The summed E-state index contributed by atoms with van der Waals surface area (Å²) in [5.74, 6) is 0.268. The van der Waals surface area contributed by atoms with Crippen molar-refractivity contribution in [2.75, 3.05) is 0 Å². The average Bonchev–Trinajstić information content (AvgIpc) is 2.64. The Hall–Kier alpha value is -0.830. The molecule has 0 radical (unpaired) electrons. The first-order chi connectivity index (χ1) is 11.3. The van der Waals surface area contributed by atoms with E-state index in [1.165, 1.54) is 69.8 Å². The Morgan fingerprint density at radius 3 is 1.78 bits per heavy atom. The van der Waals surface area contributed by atoms with Crippen molar-refractivity contribution in [1.29, 1.82) is 0 Å². The van der Waals surface area contributed by atoms with E-state index in [4.69, 9.17) is 0 Å². The highest BCUT2D eigenvalue weighted by atomic mass is 79.9. The zero-order chi connectivity index (χ0) is 16.1. The third-order valence-electron chi connectivity index (χ3n) is 5.53. The number of amides is 1. The van der Waals surface area contributed by atoms with E-state index in [1.807, 2.05) is 12.1 Å². The molecule has 0 saturated heterocycles. The van der Waals surface area contributed by atoms with Crippen LogP contribution in [-0.2, 0) is 5.33 Å². The van der Waals surface area contributed by atoms with Crippen LogP contribution in [0.25, 0.3) is 0 Å². The minimum Gasteiger partial charge on any atom is -0.333 e. The Morgan fingerprint density at radius 2 is 1.35 bits per heavy atom. The van der Waals surface area contributed by atoms with E-state index >= 15 is 0 Å². The maximum Gasteiger partial charge on any atom is 0.254 e. The molecule has 2 aliphatic rings. The van der Waals surface area contributed by atoms with E-state index in [0.29, 0.717) is 12.1 Å². The van der Waals surface area contributed by atoms with Gasteiger partial charge in [0, 0.05) is 23.0 Å². The standard InChI is InChI=1S/C20H28BrNO/c21-15-16-11-13-17(14-12-16)20(23)22(18-7-3-1-4-8-18)19-9-5-2-6-10-19/h11-14,18-19H,1-10,15H2. The molecule has 0 spiro atoms. The zero-order valence-corrected chi connectivity index (χ0v) is 15.6. The summed E-state index contributed by atoms with van der Waals surface area (Å²) in [4.78, 5) is 15.6. The highest BCUT2D eigenvalue weighted by Gasteiger charge is 2.32. The van der Waals surface area contributed by atoms with E-state index in [1.54, 1.807) is 0 Å². The summed E-state index contributed by atoms with van der Waals surface area (Å²) in [5.41, 5.74) is 2.09. The van der Waals surface area contributed by atoms with Crippen molar-refractivity contribution in [2.24, 2.45) is 0 Å². The van der Waals surface area contributed by atoms with Crippen LogP contribution in [0.3, 0.4) is 0 Å². The lowest BCUT2D eigenvalue weighted by molar-refractivity contribution is 0.0448. The van der Waals surface area contributed by atoms with Crippen molar-refractivity contribution in [3.8, 4) is 0 Å². The van der Waals surface area contributed by atoms with Crippen molar-refractivity contribution in [3.63, 3.8) is 0 Å². The fourth-order valence-electron chi connectivity index (χ4n) is 4.23. The van der Waals surface area contributed by atoms with Crippen LogP contribution in [0.4, 0.5) is 0 Å². The van der Waals surface area contributed by atoms with Gasteiger partial charge in [0.05, 0.1) is 0 Å². The molecule has 3 heteroatoms. The van der Waals surface area contributed by atoms with Gasteiger partial charge in [-0.25, -0.2) is 0 Å². The smallest absolute Gasteiger partial charge is 0.254 e. The molecule has 1 aromatic carbocycles. The van der Waals surface area contributed by atoms with Crippen LogP contribution in [0, 0.1) is 0 Å². The summed E-state index contributed by atoms with van der Waals surface area (Å²) in [6, 6.07) is 9.10. The number of carbonyl (C=O) groups excluding carboxylic acids is 1. The van der Waals surface area contributed by atoms with E-state index in [9.17, 15) is 4.79 Å². The lowest BCUT2D eigenvalue weighted by Crippen LogP contribution is -2.48. The predicted molar refractivity (Wildman–Crippen MR) is 99.0 cm³/mol. The molecule has 23 heavy (non-hydrogen) atoms. The minimum absolute atomic E-state index is 0.268. The van der Waals surface area contributed by atoms with Gasteiger partial charge in [0.15, 0.2) is 0 Å². The Kier molecular flexibility index (Phi) is 6.15. The summed E-state index contributed by atoms with van der Waals surface area (Å²) >= 11 is 3.48. The van der Waals surface area contributed by atoms with Gasteiger partial charge in [0.1, 0.15) is 0 Å². The molecule has 126 valence electrons. The van der Waals surface area contributed by atoms with Crippen LogP contribution in [0.2, 0.25) is 0 Å². The molecule has 2 saturated carbocycles. The molecule has 0 heterocycles. The molecule has 0 unspecified atom stereocenters.